The molecule has 26 heavy (non-hydrogen) atoms. The van der Waals surface area contributed by atoms with Gasteiger partial charge in [0.1, 0.15) is 5.82 Å². The topological polar surface area (TPSA) is 42.0 Å². The summed E-state index contributed by atoms with van der Waals surface area (Å²) >= 11 is 0. The Hall–Kier alpha value is -1.50. The van der Waals surface area contributed by atoms with Gasteiger partial charge < -0.3 is 9.47 Å². The van der Waals surface area contributed by atoms with Crippen molar-refractivity contribution in [2.45, 2.75) is 31.8 Å². The highest BCUT2D eigenvalue weighted by atomic mass is 19.1. The lowest BCUT2D eigenvalue weighted by Gasteiger charge is -2.45. The van der Waals surface area contributed by atoms with Crippen molar-refractivity contribution in [1.29, 1.82) is 0 Å². The van der Waals surface area contributed by atoms with E-state index in [0.29, 0.717) is 18.4 Å². The summed E-state index contributed by atoms with van der Waals surface area (Å²) in [6.07, 6.45) is 2.35. The van der Waals surface area contributed by atoms with Crippen LogP contribution in [0.25, 0.3) is 0 Å². The van der Waals surface area contributed by atoms with Crippen molar-refractivity contribution in [3.05, 3.63) is 35.6 Å². The normalized spacial score (nSPS) is 25.2. The molecular formula is C20H29FN2O3. The molecular weight excluding hydrogens is 335 g/mol. The van der Waals surface area contributed by atoms with E-state index in [9.17, 15) is 9.18 Å². The van der Waals surface area contributed by atoms with Crippen molar-refractivity contribution in [3.63, 3.8) is 0 Å². The lowest BCUT2D eigenvalue weighted by molar-refractivity contribution is -0.141. The summed E-state index contributed by atoms with van der Waals surface area (Å²) in [5.41, 5.74) is 1.00. The van der Waals surface area contributed by atoms with Crippen molar-refractivity contribution < 1.29 is 18.7 Å². The number of nitrogens with zero attached hydrogens (tertiary/aromatic N) is 2. The van der Waals surface area contributed by atoms with Gasteiger partial charge in [-0.15, -0.1) is 0 Å². The second kappa shape index (κ2) is 9.44. The smallest absolute Gasteiger partial charge is 0.305 e. The summed E-state index contributed by atoms with van der Waals surface area (Å²) in [6.45, 7) is 6.16. The van der Waals surface area contributed by atoms with Crippen molar-refractivity contribution in [3.8, 4) is 0 Å². The summed E-state index contributed by atoms with van der Waals surface area (Å²) in [7, 11) is 1.44. The number of methoxy groups -OCH3 is 1. The number of ether oxygens (including phenoxy) is 2. The van der Waals surface area contributed by atoms with E-state index in [2.05, 4.69) is 9.80 Å². The van der Waals surface area contributed by atoms with E-state index in [1.54, 1.807) is 12.1 Å². The molecule has 0 N–H and O–H groups in total. The Morgan fingerprint density at radius 2 is 2.12 bits per heavy atom. The zero-order valence-corrected chi connectivity index (χ0v) is 15.5. The van der Waals surface area contributed by atoms with Gasteiger partial charge in [0, 0.05) is 38.6 Å². The number of rotatable bonds is 6. The van der Waals surface area contributed by atoms with Crippen LogP contribution in [0.2, 0.25) is 0 Å². The van der Waals surface area contributed by atoms with Gasteiger partial charge in [-0.3, -0.25) is 14.6 Å². The number of piperidine rings is 1. The van der Waals surface area contributed by atoms with E-state index in [1.807, 2.05) is 6.07 Å². The molecule has 2 aliphatic heterocycles. The van der Waals surface area contributed by atoms with Crippen LogP contribution in [-0.4, -0.2) is 68.3 Å². The fraction of sp³-hybridized carbons (Fsp3) is 0.650. The van der Waals surface area contributed by atoms with Crippen molar-refractivity contribution in [2.24, 2.45) is 5.92 Å². The molecule has 0 radical (unpaired) electrons. The molecule has 3 rings (SSSR count). The largest absolute Gasteiger partial charge is 0.469 e. The SMILES string of the molecule is COC(=O)CC[C@H]1CN(Cc2cccc(F)c2)CC[C@H]1N1CCOCC1. The van der Waals surface area contributed by atoms with E-state index in [1.165, 1.54) is 13.2 Å². The summed E-state index contributed by atoms with van der Waals surface area (Å²) in [5, 5.41) is 0. The number of halogens is 1. The van der Waals surface area contributed by atoms with Gasteiger partial charge in [0.2, 0.25) is 0 Å². The van der Waals surface area contributed by atoms with Crippen LogP contribution in [0.3, 0.4) is 0 Å². The Kier molecular flexibility index (Phi) is 7.00. The average Bonchev–Trinajstić information content (AvgIpc) is 2.67. The minimum absolute atomic E-state index is 0.145. The highest BCUT2D eigenvalue weighted by Crippen LogP contribution is 2.28. The van der Waals surface area contributed by atoms with Crippen LogP contribution in [0.15, 0.2) is 24.3 Å². The van der Waals surface area contributed by atoms with Gasteiger partial charge in [0.15, 0.2) is 0 Å². The van der Waals surface area contributed by atoms with E-state index in [4.69, 9.17) is 9.47 Å². The Morgan fingerprint density at radius 1 is 1.31 bits per heavy atom. The summed E-state index contributed by atoms with van der Waals surface area (Å²) in [5.74, 6) is 0.0791. The van der Waals surface area contributed by atoms with Crippen LogP contribution in [0.4, 0.5) is 4.39 Å². The predicted molar refractivity (Wildman–Crippen MR) is 97.2 cm³/mol. The molecule has 2 heterocycles. The summed E-state index contributed by atoms with van der Waals surface area (Å²) in [4.78, 5) is 16.5. The molecule has 1 aromatic carbocycles. The molecule has 2 fully saturated rings. The number of likely N-dealkylation sites (tertiary alicyclic amines) is 1. The van der Waals surface area contributed by atoms with Gasteiger partial charge >= 0.3 is 5.97 Å². The molecule has 2 aliphatic rings. The minimum atomic E-state index is -0.187. The lowest BCUT2D eigenvalue weighted by atomic mass is 9.86. The molecule has 0 spiro atoms. The monoisotopic (exact) mass is 364 g/mol. The summed E-state index contributed by atoms with van der Waals surface area (Å²) < 4.78 is 23.8. The van der Waals surface area contributed by atoms with Crippen LogP contribution in [0, 0.1) is 11.7 Å². The van der Waals surface area contributed by atoms with Crippen LogP contribution >= 0.6 is 0 Å². The number of carbonyl (C=O) groups is 1. The van der Waals surface area contributed by atoms with Crippen LogP contribution in [-0.2, 0) is 20.8 Å². The van der Waals surface area contributed by atoms with E-state index in [-0.39, 0.29) is 11.8 Å². The Balaban J connectivity index is 1.63. The Labute approximate surface area is 155 Å². The third kappa shape index (κ3) is 5.25. The number of hydrogen-bond acceptors (Lipinski definition) is 5. The molecule has 1 aromatic rings. The fourth-order valence-corrected chi connectivity index (χ4v) is 4.21. The van der Waals surface area contributed by atoms with Crippen LogP contribution in [0.1, 0.15) is 24.8 Å². The fourth-order valence-electron chi connectivity index (χ4n) is 4.21. The molecule has 2 atom stereocenters. The molecule has 0 aromatic heterocycles. The average molecular weight is 364 g/mol. The molecule has 0 saturated carbocycles. The van der Waals surface area contributed by atoms with Crippen molar-refractivity contribution in [1.82, 2.24) is 9.80 Å². The first kappa shape index (κ1) is 19.3. The molecule has 0 amide bonds. The summed E-state index contributed by atoms with van der Waals surface area (Å²) in [6, 6.07) is 7.30. The molecule has 0 unspecified atom stereocenters. The van der Waals surface area contributed by atoms with Crippen LogP contribution in [0.5, 0.6) is 0 Å². The second-order valence-electron chi connectivity index (χ2n) is 7.24. The first-order valence-electron chi connectivity index (χ1n) is 9.51. The first-order chi connectivity index (χ1) is 12.7. The van der Waals surface area contributed by atoms with E-state index < -0.39 is 0 Å². The predicted octanol–water partition coefficient (Wildman–Crippen LogP) is 2.30. The van der Waals surface area contributed by atoms with E-state index >= 15 is 0 Å². The molecule has 0 bridgehead atoms. The lowest BCUT2D eigenvalue weighted by Crippen LogP contribution is -2.53. The number of hydrogen-bond donors (Lipinski definition) is 0. The third-order valence-corrected chi connectivity index (χ3v) is 5.53. The zero-order valence-electron chi connectivity index (χ0n) is 15.5. The van der Waals surface area contributed by atoms with Crippen molar-refractivity contribution >= 4 is 5.97 Å². The van der Waals surface area contributed by atoms with Gasteiger partial charge in [-0.1, -0.05) is 12.1 Å². The highest BCUT2D eigenvalue weighted by molar-refractivity contribution is 5.69. The van der Waals surface area contributed by atoms with E-state index in [0.717, 1.165) is 64.3 Å². The molecule has 6 heteroatoms. The number of esters is 1. The zero-order chi connectivity index (χ0) is 18.4. The molecule has 5 nitrogen and oxygen atoms in total. The first-order valence-corrected chi connectivity index (χ1v) is 9.51. The van der Waals surface area contributed by atoms with Gasteiger partial charge in [0.25, 0.3) is 0 Å². The third-order valence-electron chi connectivity index (χ3n) is 5.53. The standard InChI is InChI=1S/C20H29FN2O3/c1-25-20(24)6-5-17-15-22(14-16-3-2-4-18(21)13-16)8-7-19(17)23-9-11-26-12-10-23/h2-4,13,17,19H,5-12,14-15H2,1H3/t17-,19+/m0/s1. The van der Waals surface area contributed by atoms with Gasteiger partial charge in [0.05, 0.1) is 20.3 Å². The number of carbonyl (C=O) groups excluding carboxylic acids is 1. The number of morpholine rings is 1. The Bertz CT molecular complexity index is 592. The Morgan fingerprint density at radius 3 is 2.85 bits per heavy atom. The maximum atomic E-state index is 13.5. The van der Waals surface area contributed by atoms with Crippen LogP contribution < -0.4 is 0 Å². The maximum Gasteiger partial charge on any atom is 0.305 e. The quantitative estimate of drug-likeness (QED) is 0.725. The van der Waals surface area contributed by atoms with Gasteiger partial charge in [-0.2, -0.15) is 0 Å². The van der Waals surface area contributed by atoms with Crippen molar-refractivity contribution in [2.75, 3.05) is 46.5 Å². The maximum absolute atomic E-state index is 13.5. The second-order valence-corrected chi connectivity index (χ2v) is 7.24. The minimum Gasteiger partial charge on any atom is -0.469 e. The number of benzene rings is 1. The molecule has 0 aliphatic carbocycles. The highest BCUT2D eigenvalue weighted by Gasteiger charge is 2.34. The van der Waals surface area contributed by atoms with Gasteiger partial charge in [-0.05, 0) is 43.0 Å². The molecule has 144 valence electrons. The molecule has 2 saturated heterocycles. The van der Waals surface area contributed by atoms with Gasteiger partial charge in [-0.25, -0.2) is 4.39 Å².